The van der Waals surface area contributed by atoms with E-state index in [0.29, 0.717) is 6.04 Å². The lowest BCUT2D eigenvalue weighted by atomic mass is 10.0. The third-order valence-corrected chi connectivity index (χ3v) is 4.97. The largest absolute Gasteiger partial charge is 0.496 e. The summed E-state index contributed by atoms with van der Waals surface area (Å²) in [6.45, 7) is 6.95. The van der Waals surface area contributed by atoms with Gasteiger partial charge in [0.2, 0.25) is 0 Å². The van der Waals surface area contributed by atoms with E-state index in [1.54, 1.807) is 7.11 Å². The molecular formula is C17H26N2O2. The maximum atomic E-state index is 9.45. The van der Waals surface area contributed by atoms with Crippen LogP contribution in [0, 0.1) is 0 Å². The third-order valence-electron chi connectivity index (χ3n) is 4.97. The van der Waals surface area contributed by atoms with Crippen LogP contribution in [0.5, 0.6) is 5.75 Å². The molecule has 2 atom stereocenters. The Hall–Kier alpha value is -1.10. The number of piperazine rings is 1. The number of fused-ring (bicyclic) bond motifs is 1. The minimum atomic E-state index is 0.0307. The molecule has 4 heteroatoms. The molecule has 2 aliphatic rings. The predicted molar refractivity (Wildman–Crippen MR) is 83.4 cm³/mol. The fourth-order valence-corrected chi connectivity index (χ4v) is 3.76. The normalized spacial score (nSPS) is 26.8. The summed E-state index contributed by atoms with van der Waals surface area (Å²) in [5.41, 5.74) is 2.14. The minimum Gasteiger partial charge on any atom is -0.496 e. The molecule has 1 aromatic rings. The van der Waals surface area contributed by atoms with Crippen molar-refractivity contribution in [1.29, 1.82) is 0 Å². The number of hydrogen-bond acceptors (Lipinski definition) is 4. The van der Waals surface area contributed by atoms with Crippen LogP contribution in [0.1, 0.15) is 30.9 Å². The second-order valence-electron chi connectivity index (χ2n) is 6.37. The van der Waals surface area contributed by atoms with Crippen LogP contribution >= 0.6 is 0 Å². The Morgan fingerprint density at radius 3 is 2.95 bits per heavy atom. The van der Waals surface area contributed by atoms with E-state index in [9.17, 15) is 5.11 Å². The standard InChI is InChI=1S/C17H26N2O2/c1-13-9-18-7-3-4-16(18)11-19(13)10-14-5-6-17(21-2)15(8-14)12-20/h5-6,8,13,16,20H,3-4,7,9-12H2,1-2H3/t13-,16+/m1/s1. The molecule has 2 aliphatic heterocycles. The van der Waals surface area contributed by atoms with E-state index in [0.717, 1.165) is 23.9 Å². The van der Waals surface area contributed by atoms with Gasteiger partial charge in [0.1, 0.15) is 5.75 Å². The molecule has 3 rings (SSSR count). The highest BCUT2D eigenvalue weighted by Gasteiger charge is 2.34. The maximum absolute atomic E-state index is 9.45. The van der Waals surface area contributed by atoms with Gasteiger partial charge in [-0.2, -0.15) is 0 Å². The van der Waals surface area contributed by atoms with Crippen molar-refractivity contribution in [1.82, 2.24) is 9.80 Å². The quantitative estimate of drug-likeness (QED) is 0.918. The van der Waals surface area contributed by atoms with Gasteiger partial charge < -0.3 is 9.84 Å². The van der Waals surface area contributed by atoms with Crippen molar-refractivity contribution >= 4 is 0 Å². The van der Waals surface area contributed by atoms with Gasteiger partial charge in [-0.3, -0.25) is 9.80 Å². The number of methoxy groups -OCH3 is 1. The molecular weight excluding hydrogens is 264 g/mol. The summed E-state index contributed by atoms with van der Waals surface area (Å²) in [4.78, 5) is 5.23. The van der Waals surface area contributed by atoms with E-state index < -0.39 is 0 Å². The maximum Gasteiger partial charge on any atom is 0.124 e. The molecule has 0 aromatic heterocycles. The summed E-state index contributed by atoms with van der Waals surface area (Å²) in [5, 5.41) is 9.45. The fraction of sp³-hybridized carbons (Fsp3) is 0.647. The highest BCUT2D eigenvalue weighted by atomic mass is 16.5. The van der Waals surface area contributed by atoms with Crippen LogP contribution < -0.4 is 4.74 Å². The van der Waals surface area contributed by atoms with E-state index in [1.165, 1.54) is 38.0 Å². The Kier molecular flexibility index (Phi) is 4.48. The van der Waals surface area contributed by atoms with Crippen molar-refractivity contribution in [2.24, 2.45) is 0 Å². The van der Waals surface area contributed by atoms with Crippen molar-refractivity contribution < 1.29 is 9.84 Å². The summed E-state index contributed by atoms with van der Waals surface area (Å²) in [5.74, 6) is 0.773. The molecule has 0 amide bonds. The Labute approximate surface area is 127 Å². The van der Waals surface area contributed by atoms with Crippen molar-refractivity contribution in [2.75, 3.05) is 26.7 Å². The topological polar surface area (TPSA) is 35.9 Å². The van der Waals surface area contributed by atoms with E-state index >= 15 is 0 Å². The molecule has 2 fully saturated rings. The molecule has 0 radical (unpaired) electrons. The minimum absolute atomic E-state index is 0.0307. The summed E-state index contributed by atoms with van der Waals surface area (Å²) >= 11 is 0. The SMILES string of the molecule is COc1ccc(CN2C[C@@H]3CCCN3C[C@H]2C)cc1CO. The molecule has 4 nitrogen and oxygen atoms in total. The summed E-state index contributed by atoms with van der Waals surface area (Å²) in [6, 6.07) is 7.51. The first kappa shape index (κ1) is 14.8. The Morgan fingerprint density at radius 1 is 1.33 bits per heavy atom. The second kappa shape index (κ2) is 6.34. The van der Waals surface area contributed by atoms with Gasteiger partial charge in [0, 0.05) is 37.3 Å². The van der Waals surface area contributed by atoms with Crippen molar-refractivity contribution in [2.45, 2.75) is 45.0 Å². The van der Waals surface area contributed by atoms with Crippen LogP contribution in [-0.2, 0) is 13.2 Å². The third kappa shape index (κ3) is 3.07. The van der Waals surface area contributed by atoms with Gasteiger partial charge in [-0.1, -0.05) is 6.07 Å². The van der Waals surface area contributed by atoms with Crippen LogP contribution in [0.25, 0.3) is 0 Å². The second-order valence-corrected chi connectivity index (χ2v) is 6.37. The monoisotopic (exact) mass is 290 g/mol. The predicted octanol–water partition coefficient (Wildman–Crippen LogP) is 1.86. The summed E-state index contributed by atoms with van der Waals surface area (Å²) in [7, 11) is 1.65. The van der Waals surface area contributed by atoms with Crippen molar-refractivity contribution in [3.8, 4) is 5.75 Å². The molecule has 1 N–H and O–H groups in total. The van der Waals surface area contributed by atoms with Gasteiger partial charge in [0.25, 0.3) is 0 Å². The van der Waals surface area contributed by atoms with Gasteiger partial charge in [0.15, 0.2) is 0 Å². The Bertz CT molecular complexity index is 492. The number of aliphatic hydroxyl groups is 1. The van der Waals surface area contributed by atoms with E-state index in [1.807, 2.05) is 6.07 Å². The van der Waals surface area contributed by atoms with Crippen LogP contribution in [0.2, 0.25) is 0 Å². The summed E-state index contributed by atoms with van der Waals surface area (Å²) in [6.07, 6.45) is 2.69. The first-order valence-electron chi connectivity index (χ1n) is 7.96. The zero-order valence-corrected chi connectivity index (χ0v) is 13.1. The van der Waals surface area contributed by atoms with Crippen LogP contribution in [-0.4, -0.2) is 53.7 Å². The number of benzene rings is 1. The summed E-state index contributed by atoms with van der Waals surface area (Å²) < 4.78 is 5.28. The van der Waals surface area contributed by atoms with E-state index in [2.05, 4.69) is 28.9 Å². The fourth-order valence-electron chi connectivity index (χ4n) is 3.76. The molecule has 1 aromatic carbocycles. The lowest BCUT2D eigenvalue weighted by molar-refractivity contribution is 0.0540. The number of rotatable bonds is 4. The molecule has 21 heavy (non-hydrogen) atoms. The number of hydrogen-bond donors (Lipinski definition) is 1. The number of ether oxygens (including phenoxy) is 1. The van der Waals surface area contributed by atoms with Crippen LogP contribution in [0.3, 0.4) is 0 Å². The van der Waals surface area contributed by atoms with Crippen LogP contribution in [0.4, 0.5) is 0 Å². The number of nitrogens with zero attached hydrogens (tertiary/aromatic N) is 2. The first-order chi connectivity index (χ1) is 10.2. The smallest absolute Gasteiger partial charge is 0.124 e. The average Bonchev–Trinajstić information content (AvgIpc) is 2.94. The molecule has 0 saturated carbocycles. The lowest BCUT2D eigenvalue weighted by Gasteiger charge is -2.42. The van der Waals surface area contributed by atoms with Gasteiger partial charge in [-0.15, -0.1) is 0 Å². The lowest BCUT2D eigenvalue weighted by Crippen LogP contribution is -2.54. The molecule has 2 saturated heterocycles. The van der Waals surface area contributed by atoms with Gasteiger partial charge >= 0.3 is 0 Å². The number of aliphatic hydroxyl groups excluding tert-OH is 1. The van der Waals surface area contributed by atoms with Gasteiger partial charge in [0.05, 0.1) is 13.7 Å². The molecule has 2 heterocycles. The Balaban J connectivity index is 1.70. The average molecular weight is 290 g/mol. The highest BCUT2D eigenvalue weighted by Crippen LogP contribution is 2.27. The highest BCUT2D eigenvalue weighted by molar-refractivity contribution is 5.36. The zero-order chi connectivity index (χ0) is 14.8. The van der Waals surface area contributed by atoms with E-state index in [4.69, 9.17) is 4.74 Å². The van der Waals surface area contributed by atoms with Crippen molar-refractivity contribution in [3.63, 3.8) is 0 Å². The van der Waals surface area contributed by atoms with E-state index in [-0.39, 0.29) is 6.61 Å². The van der Waals surface area contributed by atoms with Crippen molar-refractivity contribution in [3.05, 3.63) is 29.3 Å². The molecule has 116 valence electrons. The molecule has 0 unspecified atom stereocenters. The van der Waals surface area contributed by atoms with Gasteiger partial charge in [-0.05, 0) is 44.0 Å². The molecule has 0 spiro atoms. The molecule has 0 bridgehead atoms. The van der Waals surface area contributed by atoms with Crippen LogP contribution in [0.15, 0.2) is 18.2 Å². The first-order valence-corrected chi connectivity index (χ1v) is 7.96. The Morgan fingerprint density at radius 2 is 2.19 bits per heavy atom. The molecule has 0 aliphatic carbocycles. The zero-order valence-electron chi connectivity index (χ0n) is 13.1. The van der Waals surface area contributed by atoms with Gasteiger partial charge in [-0.25, -0.2) is 0 Å².